The number of anilines is 1. The Morgan fingerprint density at radius 2 is 2.13 bits per heavy atom. The van der Waals surface area contributed by atoms with Crippen LogP contribution in [0.3, 0.4) is 0 Å². The zero-order chi connectivity index (χ0) is 10.7. The van der Waals surface area contributed by atoms with Crippen molar-refractivity contribution >= 4 is 17.5 Å². The molecule has 3 nitrogen and oxygen atoms in total. The molecule has 0 bridgehead atoms. The first-order chi connectivity index (χ1) is 7.31. The van der Waals surface area contributed by atoms with E-state index < -0.39 is 0 Å². The third-order valence-electron chi connectivity index (χ3n) is 2.91. The molecule has 1 atom stereocenters. The Hall–Kier alpha value is -0.830. The molecular weight excluding hydrogens is 210 g/mol. The standard InChI is InChI=1S/C11H16ClN3/c1-9-4-2-3-5-15(9)11-13-7-10(6-12)8-14-11/h7-9H,2-6H2,1H3. The zero-order valence-corrected chi connectivity index (χ0v) is 9.74. The van der Waals surface area contributed by atoms with Crippen LogP contribution >= 0.6 is 11.6 Å². The van der Waals surface area contributed by atoms with Crippen molar-refractivity contribution < 1.29 is 0 Å². The zero-order valence-electron chi connectivity index (χ0n) is 8.99. The summed E-state index contributed by atoms with van der Waals surface area (Å²) >= 11 is 5.70. The molecule has 1 fully saturated rings. The fourth-order valence-electron chi connectivity index (χ4n) is 1.96. The highest BCUT2D eigenvalue weighted by Gasteiger charge is 2.20. The summed E-state index contributed by atoms with van der Waals surface area (Å²) < 4.78 is 0. The molecule has 0 aliphatic carbocycles. The van der Waals surface area contributed by atoms with Crippen LogP contribution in [0.1, 0.15) is 31.7 Å². The quantitative estimate of drug-likeness (QED) is 0.725. The minimum atomic E-state index is 0.482. The molecule has 0 N–H and O–H groups in total. The first kappa shape index (κ1) is 10.7. The first-order valence-corrected chi connectivity index (χ1v) is 5.98. The van der Waals surface area contributed by atoms with E-state index in [1.165, 1.54) is 19.3 Å². The van der Waals surface area contributed by atoms with Crippen LogP contribution in [0.2, 0.25) is 0 Å². The molecule has 4 heteroatoms. The van der Waals surface area contributed by atoms with E-state index in [0.29, 0.717) is 11.9 Å². The molecule has 0 radical (unpaired) electrons. The molecule has 0 amide bonds. The smallest absolute Gasteiger partial charge is 0.225 e. The van der Waals surface area contributed by atoms with Gasteiger partial charge in [-0.15, -0.1) is 11.6 Å². The van der Waals surface area contributed by atoms with Crippen molar-refractivity contribution in [2.24, 2.45) is 0 Å². The second-order valence-corrected chi connectivity index (χ2v) is 4.33. The third-order valence-corrected chi connectivity index (χ3v) is 3.21. The number of halogens is 1. The van der Waals surface area contributed by atoms with E-state index in [2.05, 4.69) is 21.8 Å². The van der Waals surface area contributed by atoms with Crippen LogP contribution in [-0.2, 0) is 5.88 Å². The van der Waals surface area contributed by atoms with E-state index in [9.17, 15) is 0 Å². The molecule has 82 valence electrons. The van der Waals surface area contributed by atoms with Crippen LogP contribution in [0.4, 0.5) is 5.95 Å². The number of nitrogens with zero attached hydrogens (tertiary/aromatic N) is 3. The van der Waals surface area contributed by atoms with Gasteiger partial charge in [-0.25, -0.2) is 9.97 Å². The van der Waals surface area contributed by atoms with Crippen LogP contribution in [0.25, 0.3) is 0 Å². The van der Waals surface area contributed by atoms with Crippen LogP contribution in [-0.4, -0.2) is 22.6 Å². The van der Waals surface area contributed by atoms with Gasteiger partial charge in [-0.05, 0) is 26.2 Å². The largest absolute Gasteiger partial charge is 0.338 e. The van der Waals surface area contributed by atoms with Gasteiger partial charge in [0.1, 0.15) is 0 Å². The van der Waals surface area contributed by atoms with Crippen molar-refractivity contribution in [3.05, 3.63) is 18.0 Å². The van der Waals surface area contributed by atoms with Gasteiger partial charge in [-0.1, -0.05) is 0 Å². The molecule has 1 unspecified atom stereocenters. The minimum absolute atomic E-state index is 0.482. The highest BCUT2D eigenvalue weighted by Crippen LogP contribution is 2.20. The van der Waals surface area contributed by atoms with Crippen molar-refractivity contribution in [1.82, 2.24) is 9.97 Å². The summed E-state index contributed by atoms with van der Waals surface area (Å²) in [6.45, 7) is 3.30. The third kappa shape index (κ3) is 2.40. The monoisotopic (exact) mass is 225 g/mol. The van der Waals surface area contributed by atoms with E-state index in [1.54, 1.807) is 0 Å². The van der Waals surface area contributed by atoms with E-state index in [-0.39, 0.29) is 0 Å². The normalized spacial score (nSPS) is 21.7. The van der Waals surface area contributed by atoms with Crippen LogP contribution < -0.4 is 4.90 Å². The molecule has 2 rings (SSSR count). The van der Waals surface area contributed by atoms with Gasteiger partial charge in [-0.3, -0.25) is 0 Å². The van der Waals surface area contributed by atoms with Gasteiger partial charge in [0.15, 0.2) is 0 Å². The van der Waals surface area contributed by atoms with Crippen LogP contribution in [0.15, 0.2) is 12.4 Å². The molecule has 2 heterocycles. The Kier molecular flexibility index (Phi) is 3.41. The van der Waals surface area contributed by atoms with Gasteiger partial charge >= 0.3 is 0 Å². The Balaban J connectivity index is 2.13. The summed E-state index contributed by atoms with van der Waals surface area (Å²) in [4.78, 5) is 11.0. The van der Waals surface area contributed by atoms with Gasteiger partial charge < -0.3 is 4.90 Å². The second kappa shape index (κ2) is 4.79. The molecule has 1 aromatic heterocycles. The average Bonchev–Trinajstić information content (AvgIpc) is 2.30. The Labute approximate surface area is 95.5 Å². The lowest BCUT2D eigenvalue weighted by molar-refractivity contribution is 0.477. The summed E-state index contributed by atoms with van der Waals surface area (Å²) in [7, 11) is 0. The Morgan fingerprint density at radius 3 is 2.73 bits per heavy atom. The number of aromatic nitrogens is 2. The fourth-order valence-corrected chi connectivity index (χ4v) is 2.10. The predicted molar refractivity (Wildman–Crippen MR) is 62.2 cm³/mol. The Bertz CT molecular complexity index is 312. The molecule has 0 spiro atoms. The summed E-state index contributed by atoms with van der Waals surface area (Å²) in [5.41, 5.74) is 0.977. The van der Waals surface area contributed by atoms with Crippen LogP contribution in [0.5, 0.6) is 0 Å². The summed E-state index contributed by atoms with van der Waals surface area (Å²) in [6.07, 6.45) is 7.43. The molecule has 0 aromatic carbocycles. The van der Waals surface area contributed by atoms with Crippen molar-refractivity contribution in [2.75, 3.05) is 11.4 Å². The summed E-state index contributed by atoms with van der Waals surface area (Å²) in [5, 5.41) is 0. The number of alkyl halides is 1. The topological polar surface area (TPSA) is 29.0 Å². The molecule has 15 heavy (non-hydrogen) atoms. The van der Waals surface area contributed by atoms with Crippen molar-refractivity contribution in [1.29, 1.82) is 0 Å². The van der Waals surface area contributed by atoms with Gasteiger partial charge in [0, 0.05) is 30.5 Å². The molecule has 1 aromatic rings. The molecule has 1 saturated heterocycles. The van der Waals surface area contributed by atoms with Gasteiger partial charge in [0.25, 0.3) is 0 Å². The van der Waals surface area contributed by atoms with Crippen molar-refractivity contribution in [2.45, 2.75) is 38.1 Å². The maximum absolute atomic E-state index is 5.70. The molecule has 1 aliphatic heterocycles. The minimum Gasteiger partial charge on any atom is -0.338 e. The van der Waals surface area contributed by atoms with E-state index >= 15 is 0 Å². The highest BCUT2D eigenvalue weighted by atomic mass is 35.5. The first-order valence-electron chi connectivity index (χ1n) is 5.45. The van der Waals surface area contributed by atoms with Crippen LogP contribution in [0, 0.1) is 0 Å². The SMILES string of the molecule is CC1CCCCN1c1ncc(CCl)cn1. The van der Waals surface area contributed by atoms with Crippen molar-refractivity contribution in [3.8, 4) is 0 Å². The lowest BCUT2D eigenvalue weighted by atomic mass is 10.0. The van der Waals surface area contributed by atoms with E-state index in [0.717, 1.165) is 18.1 Å². The highest BCUT2D eigenvalue weighted by molar-refractivity contribution is 6.17. The molecule has 0 saturated carbocycles. The maximum atomic E-state index is 5.70. The van der Waals surface area contributed by atoms with Crippen molar-refractivity contribution in [3.63, 3.8) is 0 Å². The molecule has 1 aliphatic rings. The number of hydrogen-bond donors (Lipinski definition) is 0. The summed E-state index contributed by atoms with van der Waals surface area (Å²) in [6, 6.07) is 0.556. The average molecular weight is 226 g/mol. The maximum Gasteiger partial charge on any atom is 0.225 e. The molecular formula is C11H16ClN3. The second-order valence-electron chi connectivity index (χ2n) is 4.06. The van der Waals surface area contributed by atoms with E-state index in [4.69, 9.17) is 11.6 Å². The lowest BCUT2D eigenvalue weighted by Gasteiger charge is -2.33. The number of piperidine rings is 1. The van der Waals surface area contributed by atoms with Gasteiger partial charge in [-0.2, -0.15) is 0 Å². The summed E-state index contributed by atoms with van der Waals surface area (Å²) in [5.74, 6) is 1.33. The van der Waals surface area contributed by atoms with Gasteiger partial charge in [0.2, 0.25) is 5.95 Å². The fraction of sp³-hybridized carbons (Fsp3) is 0.636. The number of hydrogen-bond acceptors (Lipinski definition) is 3. The van der Waals surface area contributed by atoms with E-state index in [1.807, 2.05) is 12.4 Å². The predicted octanol–water partition coefficient (Wildman–Crippen LogP) is 2.59. The number of rotatable bonds is 2. The lowest BCUT2D eigenvalue weighted by Crippen LogP contribution is -2.38. The van der Waals surface area contributed by atoms with Gasteiger partial charge in [0.05, 0.1) is 5.88 Å². The Morgan fingerprint density at radius 1 is 1.40 bits per heavy atom.